The molecule has 116 valence electrons. The molecule has 0 aliphatic heterocycles. The van der Waals surface area contributed by atoms with E-state index in [-0.39, 0.29) is 17.2 Å². The van der Waals surface area contributed by atoms with E-state index in [1.807, 2.05) is 32.9 Å². The summed E-state index contributed by atoms with van der Waals surface area (Å²) in [5.41, 5.74) is 3.80. The number of nitrogens with one attached hydrogen (secondary N) is 2. The minimum Gasteiger partial charge on any atom is -0.320 e. The summed E-state index contributed by atoms with van der Waals surface area (Å²) in [6.07, 6.45) is 0. The average molecular weight is 307 g/mol. The summed E-state index contributed by atoms with van der Waals surface area (Å²) >= 11 is 0. The monoisotopic (exact) mass is 307 g/mol. The number of hydrogen-bond donors (Lipinski definition) is 2. The van der Waals surface area contributed by atoms with Crippen LogP contribution in [0.4, 0.5) is 5.69 Å². The molecule has 0 saturated heterocycles. The molecular formula is C18H17N3O2. The first-order chi connectivity index (χ1) is 11.0. The Morgan fingerprint density at radius 1 is 1.04 bits per heavy atom. The fourth-order valence-electron chi connectivity index (χ4n) is 2.84. The van der Waals surface area contributed by atoms with E-state index in [9.17, 15) is 9.59 Å². The van der Waals surface area contributed by atoms with Gasteiger partial charge in [0.1, 0.15) is 0 Å². The normalized spacial score (nSPS) is 10.7. The Morgan fingerprint density at radius 2 is 1.65 bits per heavy atom. The summed E-state index contributed by atoms with van der Waals surface area (Å²) < 4.78 is 0. The number of anilines is 1. The average Bonchev–Trinajstić information content (AvgIpc) is 2.51. The Balaban J connectivity index is 2.06. The molecule has 23 heavy (non-hydrogen) atoms. The van der Waals surface area contributed by atoms with Crippen LogP contribution in [0.3, 0.4) is 0 Å². The van der Waals surface area contributed by atoms with E-state index in [0.717, 1.165) is 22.4 Å². The maximum atomic E-state index is 12.6. The molecule has 3 rings (SSSR count). The summed E-state index contributed by atoms with van der Waals surface area (Å²) in [6, 6.07) is 11.0. The molecule has 0 aliphatic rings. The number of benzene rings is 2. The van der Waals surface area contributed by atoms with Crippen molar-refractivity contribution in [3.8, 4) is 0 Å². The van der Waals surface area contributed by atoms with Gasteiger partial charge in [0.05, 0.1) is 5.39 Å². The van der Waals surface area contributed by atoms with Gasteiger partial charge in [-0.3, -0.25) is 9.59 Å². The van der Waals surface area contributed by atoms with Gasteiger partial charge in [0.2, 0.25) is 0 Å². The number of rotatable bonds is 2. The number of aromatic nitrogens is 2. The second kappa shape index (κ2) is 5.68. The molecule has 1 amide bonds. The van der Waals surface area contributed by atoms with Crippen LogP contribution in [0.5, 0.6) is 0 Å². The molecule has 2 N–H and O–H groups in total. The summed E-state index contributed by atoms with van der Waals surface area (Å²) in [4.78, 5) is 24.4. The van der Waals surface area contributed by atoms with E-state index < -0.39 is 0 Å². The molecule has 0 bridgehead atoms. The highest BCUT2D eigenvalue weighted by atomic mass is 16.2. The largest absolute Gasteiger partial charge is 0.320 e. The standard InChI is InChI=1S/C18H17N3O2/c1-10-8-11(2)15(12(3)9-10)19-18(23)16-13-6-4-5-7-14(13)17(22)21-20-16/h4-9H,1-3H3,(H,19,23)(H,21,22). The lowest BCUT2D eigenvalue weighted by molar-refractivity contribution is 0.102. The van der Waals surface area contributed by atoms with Crippen LogP contribution in [-0.2, 0) is 0 Å². The highest BCUT2D eigenvalue weighted by Gasteiger charge is 2.16. The third-order valence-electron chi connectivity index (χ3n) is 3.83. The fourth-order valence-corrected chi connectivity index (χ4v) is 2.84. The number of H-pyrrole nitrogens is 1. The Hall–Kier alpha value is -2.95. The first-order valence-electron chi connectivity index (χ1n) is 7.34. The lowest BCUT2D eigenvalue weighted by atomic mass is 10.0. The van der Waals surface area contributed by atoms with Gasteiger partial charge in [0.25, 0.3) is 11.5 Å². The van der Waals surface area contributed by atoms with Gasteiger partial charge in [-0.05, 0) is 38.0 Å². The number of aryl methyl sites for hydroxylation is 3. The molecule has 0 unspecified atom stereocenters. The van der Waals surface area contributed by atoms with Crippen molar-refractivity contribution in [1.29, 1.82) is 0 Å². The zero-order chi connectivity index (χ0) is 16.6. The molecule has 0 aliphatic carbocycles. The fraction of sp³-hybridized carbons (Fsp3) is 0.167. The van der Waals surface area contributed by atoms with E-state index in [0.29, 0.717) is 10.8 Å². The van der Waals surface area contributed by atoms with Gasteiger partial charge in [-0.1, -0.05) is 35.9 Å². The highest BCUT2D eigenvalue weighted by molar-refractivity contribution is 6.11. The zero-order valence-electron chi connectivity index (χ0n) is 13.2. The molecule has 5 nitrogen and oxygen atoms in total. The van der Waals surface area contributed by atoms with E-state index in [1.165, 1.54) is 0 Å². The second-order valence-corrected chi connectivity index (χ2v) is 5.67. The smallest absolute Gasteiger partial charge is 0.276 e. The molecule has 0 radical (unpaired) electrons. The molecule has 1 heterocycles. The second-order valence-electron chi connectivity index (χ2n) is 5.67. The number of carbonyl (C=O) groups is 1. The van der Waals surface area contributed by atoms with Crippen LogP contribution in [-0.4, -0.2) is 16.1 Å². The molecule has 5 heteroatoms. The maximum Gasteiger partial charge on any atom is 0.276 e. The third kappa shape index (κ3) is 2.73. The Labute approximate surface area is 133 Å². The number of nitrogens with zero attached hydrogens (tertiary/aromatic N) is 1. The number of aromatic amines is 1. The predicted octanol–water partition coefficient (Wildman–Crippen LogP) is 3.10. The molecule has 1 aromatic heterocycles. The van der Waals surface area contributed by atoms with Gasteiger partial charge >= 0.3 is 0 Å². The van der Waals surface area contributed by atoms with Crippen molar-refractivity contribution < 1.29 is 4.79 Å². The van der Waals surface area contributed by atoms with Crippen molar-refractivity contribution in [1.82, 2.24) is 10.2 Å². The van der Waals surface area contributed by atoms with Gasteiger partial charge in [-0.25, -0.2) is 5.10 Å². The summed E-state index contributed by atoms with van der Waals surface area (Å²) in [6.45, 7) is 5.92. The lowest BCUT2D eigenvalue weighted by Gasteiger charge is -2.13. The van der Waals surface area contributed by atoms with Crippen LogP contribution >= 0.6 is 0 Å². The van der Waals surface area contributed by atoms with E-state index in [2.05, 4.69) is 15.5 Å². The van der Waals surface area contributed by atoms with Gasteiger partial charge in [0.15, 0.2) is 5.69 Å². The van der Waals surface area contributed by atoms with Crippen LogP contribution < -0.4 is 10.9 Å². The Kier molecular flexibility index (Phi) is 3.70. The number of amides is 1. The lowest BCUT2D eigenvalue weighted by Crippen LogP contribution is -2.20. The summed E-state index contributed by atoms with van der Waals surface area (Å²) in [5, 5.41) is 10.2. The molecule has 0 fully saturated rings. The topological polar surface area (TPSA) is 74.8 Å². The van der Waals surface area contributed by atoms with E-state index in [1.54, 1.807) is 24.3 Å². The van der Waals surface area contributed by atoms with Crippen molar-refractivity contribution in [2.45, 2.75) is 20.8 Å². The van der Waals surface area contributed by atoms with Crippen LogP contribution in [0.1, 0.15) is 27.2 Å². The first kappa shape index (κ1) is 15.0. The zero-order valence-corrected chi connectivity index (χ0v) is 13.2. The molecular weight excluding hydrogens is 290 g/mol. The quantitative estimate of drug-likeness (QED) is 0.764. The Bertz CT molecular complexity index is 950. The number of hydrogen-bond acceptors (Lipinski definition) is 3. The van der Waals surface area contributed by atoms with Crippen molar-refractivity contribution >= 4 is 22.4 Å². The van der Waals surface area contributed by atoms with Crippen molar-refractivity contribution in [2.24, 2.45) is 0 Å². The SMILES string of the molecule is Cc1cc(C)c(NC(=O)c2n[nH]c(=O)c3ccccc23)c(C)c1. The molecule has 3 aromatic rings. The molecule has 0 spiro atoms. The van der Waals surface area contributed by atoms with Gasteiger partial charge < -0.3 is 5.32 Å². The summed E-state index contributed by atoms with van der Waals surface area (Å²) in [5.74, 6) is -0.340. The van der Waals surface area contributed by atoms with E-state index >= 15 is 0 Å². The summed E-state index contributed by atoms with van der Waals surface area (Å²) in [7, 11) is 0. The molecule has 0 atom stereocenters. The van der Waals surface area contributed by atoms with Crippen LogP contribution in [0.15, 0.2) is 41.2 Å². The van der Waals surface area contributed by atoms with Gasteiger partial charge in [0, 0.05) is 11.1 Å². The van der Waals surface area contributed by atoms with Crippen molar-refractivity contribution in [3.63, 3.8) is 0 Å². The van der Waals surface area contributed by atoms with Crippen molar-refractivity contribution in [2.75, 3.05) is 5.32 Å². The number of fused-ring (bicyclic) bond motifs is 1. The maximum absolute atomic E-state index is 12.6. The van der Waals surface area contributed by atoms with Gasteiger partial charge in [-0.15, -0.1) is 0 Å². The van der Waals surface area contributed by atoms with Crippen LogP contribution in [0.25, 0.3) is 10.8 Å². The van der Waals surface area contributed by atoms with E-state index in [4.69, 9.17) is 0 Å². The highest BCUT2D eigenvalue weighted by Crippen LogP contribution is 2.23. The third-order valence-corrected chi connectivity index (χ3v) is 3.83. The number of carbonyl (C=O) groups excluding carboxylic acids is 1. The Morgan fingerprint density at radius 3 is 2.30 bits per heavy atom. The van der Waals surface area contributed by atoms with Crippen LogP contribution in [0, 0.1) is 20.8 Å². The first-order valence-corrected chi connectivity index (χ1v) is 7.34. The predicted molar refractivity (Wildman–Crippen MR) is 91.0 cm³/mol. The minimum atomic E-state index is -0.340. The van der Waals surface area contributed by atoms with Crippen LogP contribution in [0.2, 0.25) is 0 Å². The molecule has 0 saturated carbocycles. The van der Waals surface area contributed by atoms with Gasteiger partial charge in [-0.2, -0.15) is 5.10 Å². The molecule has 2 aromatic carbocycles. The minimum absolute atomic E-state index is 0.208. The van der Waals surface area contributed by atoms with Crippen molar-refractivity contribution in [3.05, 3.63) is 69.1 Å².